The van der Waals surface area contributed by atoms with Crippen LogP contribution in [0.4, 0.5) is 4.39 Å². The minimum absolute atomic E-state index is 0.0624. The normalized spacial score (nSPS) is 14.6. The maximum atomic E-state index is 12.9. The molecule has 2 atom stereocenters. The van der Waals surface area contributed by atoms with Crippen molar-refractivity contribution < 1.29 is 18.5 Å². The quantitative estimate of drug-likeness (QED) is 0.880. The van der Waals surface area contributed by atoms with Crippen molar-refractivity contribution in [1.29, 1.82) is 0 Å². The van der Waals surface area contributed by atoms with E-state index in [0.717, 1.165) is 0 Å². The average molecular weight is 258 g/mol. The van der Waals surface area contributed by atoms with Crippen molar-refractivity contribution in [3.63, 3.8) is 0 Å². The van der Waals surface area contributed by atoms with Gasteiger partial charge in [-0.15, -0.1) is 0 Å². The van der Waals surface area contributed by atoms with E-state index in [4.69, 9.17) is 5.11 Å². The number of aliphatic carboxylic acids is 1. The number of rotatable bonds is 5. The van der Waals surface area contributed by atoms with Gasteiger partial charge in [0.15, 0.2) is 0 Å². The lowest BCUT2D eigenvalue weighted by molar-refractivity contribution is -0.137. The Labute approximate surface area is 102 Å². The van der Waals surface area contributed by atoms with Gasteiger partial charge in [0.1, 0.15) is 11.1 Å². The standard InChI is InChI=1S/C12H15FO3S/c1-8(2)11(12(14)15)17(16)7-9-4-3-5-10(13)6-9/h3-6,8,11H,7H2,1-2H3,(H,14,15). The smallest absolute Gasteiger partial charge is 0.319 e. The molecule has 0 fully saturated rings. The summed E-state index contributed by atoms with van der Waals surface area (Å²) in [6.45, 7) is 3.42. The van der Waals surface area contributed by atoms with Gasteiger partial charge in [0.2, 0.25) is 0 Å². The van der Waals surface area contributed by atoms with Crippen LogP contribution in [0.25, 0.3) is 0 Å². The zero-order valence-corrected chi connectivity index (χ0v) is 10.5. The fourth-order valence-corrected chi connectivity index (χ4v) is 3.10. The Balaban J connectivity index is 2.81. The first-order chi connectivity index (χ1) is 7.91. The largest absolute Gasteiger partial charge is 0.480 e. The molecular formula is C12H15FO3S. The second kappa shape index (κ2) is 5.91. The molecule has 0 spiro atoms. The number of hydrogen-bond acceptors (Lipinski definition) is 2. The molecule has 0 amide bonds. The van der Waals surface area contributed by atoms with Gasteiger partial charge in [-0.05, 0) is 23.6 Å². The van der Waals surface area contributed by atoms with E-state index < -0.39 is 27.8 Å². The zero-order valence-electron chi connectivity index (χ0n) is 9.72. The summed E-state index contributed by atoms with van der Waals surface area (Å²) in [7, 11) is -1.54. The third-order valence-electron chi connectivity index (χ3n) is 2.33. The Morgan fingerprint density at radius 3 is 2.59 bits per heavy atom. The van der Waals surface area contributed by atoms with Gasteiger partial charge in [0, 0.05) is 16.6 Å². The van der Waals surface area contributed by atoms with Gasteiger partial charge in [-0.3, -0.25) is 9.00 Å². The van der Waals surface area contributed by atoms with Gasteiger partial charge in [-0.2, -0.15) is 0 Å². The van der Waals surface area contributed by atoms with Gasteiger partial charge in [-0.1, -0.05) is 26.0 Å². The molecule has 0 saturated heterocycles. The van der Waals surface area contributed by atoms with Crippen LogP contribution in [0.1, 0.15) is 19.4 Å². The first-order valence-corrected chi connectivity index (χ1v) is 6.64. The molecule has 0 aliphatic heterocycles. The molecule has 17 heavy (non-hydrogen) atoms. The summed E-state index contributed by atoms with van der Waals surface area (Å²) < 4.78 is 24.8. The molecule has 5 heteroatoms. The SMILES string of the molecule is CC(C)C(C(=O)O)S(=O)Cc1cccc(F)c1. The lowest BCUT2D eigenvalue weighted by atomic mass is 10.1. The van der Waals surface area contributed by atoms with Crippen molar-refractivity contribution in [2.45, 2.75) is 24.9 Å². The Hall–Kier alpha value is -1.23. The Morgan fingerprint density at radius 1 is 1.47 bits per heavy atom. The van der Waals surface area contributed by atoms with Crippen LogP contribution in [-0.2, 0) is 21.3 Å². The fraction of sp³-hybridized carbons (Fsp3) is 0.417. The highest BCUT2D eigenvalue weighted by Gasteiger charge is 2.28. The highest BCUT2D eigenvalue weighted by molar-refractivity contribution is 7.85. The summed E-state index contributed by atoms with van der Waals surface area (Å²) in [4.78, 5) is 11.0. The summed E-state index contributed by atoms with van der Waals surface area (Å²) in [5.41, 5.74) is 0.551. The van der Waals surface area contributed by atoms with Crippen molar-refractivity contribution in [3.8, 4) is 0 Å². The topological polar surface area (TPSA) is 54.4 Å². The summed E-state index contributed by atoms with van der Waals surface area (Å²) >= 11 is 0. The molecule has 1 N–H and O–H groups in total. The highest BCUT2D eigenvalue weighted by atomic mass is 32.2. The maximum absolute atomic E-state index is 12.9. The van der Waals surface area contributed by atoms with E-state index in [1.165, 1.54) is 18.2 Å². The van der Waals surface area contributed by atoms with Gasteiger partial charge in [-0.25, -0.2) is 4.39 Å². The van der Waals surface area contributed by atoms with E-state index in [1.54, 1.807) is 19.9 Å². The molecular weight excluding hydrogens is 243 g/mol. The van der Waals surface area contributed by atoms with Crippen LogP contribution < -0.4 is 0 Å². The second-order valence-corrected chi connectivity index (χ2v) is 5.72. The molecule has 0 aromatic heterocycles. The van der Waals surface area contributed by atoms with Crippen LogP contribution in [0.3, 0.4) is 0 Å². The van der Waals surface area contributed by atoms with Crippen LogP contribution in [0.15, 0.2) is 24.3 Å². The Kier molecular flexibility index (Phi) is 4.81. The zero-order chi connectivity index (χ0) is 13.0. The minimum atomic E-state index is -1.54. The van der Waals surface area contributed by atoms with Crippen LogP contribution in [0.2, 0.25) is 0 Å². The number of carboxylic acid groups (broad SMARTS) is 1. The first kappa shape index (κ1) is 13.8. The predicted octanol–water partition coefficient (Wildman–Crippen LogP) is 2.18. The highest BCUT2D eigenvalue weighted by Crippen LogP contribution is 2.15. The predicted molar refractivity (Wildman–Crippen MR) is 64.5 cm³/mol. The minimum Gasteiger partial charge on any atom is -0.480 e. The molecule has 0 bridgehead atoms. The van der Waals surface area contributed by atoms with E-state index in [-0.39, 0.29) is 11.7 Å². The fourth-order valence-electron chi connectivity index (χ4n) is 1.58. The summed E-state index contributed by atoms with van der Waals surface area (Å²) in [6.07, 6.45) is 0. The Bertz CT molecular complexity index is 432. The average Bonchev–Trinajstić information content (AvgIpc) is 2.15. The molecule has 0 heterocycles. The summed E-state index contributed by atoms with van der Waals surface area (Å²) in [6, 6.07) is 5.73. The summed E-state index contributed by atoms with van der Waals surface area (Å²) in [5, 5.41) is 8.06. The first-order valence-electron chi connectivity index (χ1n) is 5.26. The third-order valence-corrected chi connectivity index (χ3v) is 4.26. The van der Waals surface area contributed by atoms with Crippen LogP contribution in [0.5, 0.6) is 0 Å². The third kappa shape index (κ3) is 3.93. The van der Waals surface area contributed by atoms with Gasteiger partial charge in [0.05, 0.1) is 0 Å². The number of benzene rings is 1. The molecule has 0 radical (unpaired) electrons. The second-order valence-electron chi connectivity index (χ2n) is 4.16. The van der Waals surface area contributed by atoms with Crippen molar-refractivity contribution in [2.75, 3.05) is 0 Å². The lowest BCUT2D eigenvalue weighted by Gasteiger charge is -2.15. The van der Waals surface area contributed by atoms with Gasteiger partial charge >= 0.3 is 5.97 Å². The molecule has 0 aliphatic rings. The molecule has 2 unspecified atom stereocenters. The molecule has 1 aromatic carbocycles. The number of halogens is 1. The number of carbonyl (C=O) groups is 1. The van der Waals surface area contributed by atoms with Crippen LogP contribution in [-0.4, -0.2) is 20.5 Å². The van der Waals surface area contributed by atoms with Crippen LogP contribution >= 0.6 is 0 Å². The van der Waals surface area contributed by atoms with E-state index in [2.05, 4.69) is 0 Å². The van der Waals surface area contributed by atoms with E-state index in [1.807, 2.05) is 0 Å². The Morgan fingerprint density at radius 2 is 2.12 bits per heavy atom. The number of carboxylic acids is 1. The molecule has 1 aromatic rings. The van der Waals surface area contributed by atoms with E-state index in [9.17, 15) is 13.4 Å². The van der Waals surface area contributed by atoms with Crippen molar-refractivity contribution in [3.05, 3.63) is 35.6 Å². The van der Waals surface area contributed by atoms with Gasteiger partial charge in [0.25, 0.3) is 0 Å². The molecule has 3 nitrogen and oxygen atoms in total. The van der Waals surface area contributed by atoms with Crippen molar-refractivity contribution >= 4 is 16.8 Å². The molecule has 0 aliphatic carbocycles. The van der Waals surface area contributed by atoms with Crippen molar-refractivity contribution in [1.82, 2.24) is 0 Å². The molecule has 94 valence electrons. The van der Waals surface area contributed by atoms with Crippen molar-refractivity contribution in [2.24, 2.45) is 5.92 Å². The number of hydrogen-bond donors (Lipinski definition) is 1. The lowest BCUT2D eigenvalue weighted by Crippen LogP contribution is -2.31. The molecule has 1 rings (SSSR count). The molecule has 0 saturated carbocycles. The van der Waals surface area contributed by atoms with E-state index in [0.29, 0.717) is 5.56 Å². The van der Waals surface area contributed by atoms with Crippen LogP contribution in [0, 0.1) is 11.7 Å². The maximum Gasteiger partial charge on any atom is 0.319 e. The summed E-state index contributed by atoms with van der Waals surface area (Å²) in [5.74, 6) is -1.64. The van der Waals surface area contributed by atoms with E-state index >= 15 is 0 Å². The monoisotopic (exact) mass is 258 g/mol. The van der Waals surface area contributed by atoms with Gasteiger partial charge < -0.3 is 5.11 Å².